The number of nitrogens with zero attached hydrogens (tertiary/aromatic N) is 2. The molecule has 31 heavy (non-hydrogen) atoms. The molecular formula is C23H22Cl2N2O4. The third-order valence-electron chi connectivity index (χ3n) is 4.52. The monoisotopic (exact) mass is 460 g/mol. The summed E-state index contributed by atoms with van der Waals surface area (Å²) in [6.45, 7) is 7.26. The van der Waals surface area contributed by atoms with Gasteiger partial charge in [-0.25, -0.2) is 4.79 Å². The molecule has 1 heterocycles. The highest BCUT2D eigenvalue weighted by atomic mass is 35.5. The number of benzene rings is 2. The van der Waals surface area contributed by atoms with Gasteiger partial charge in [-0.05, 0) is 70.2 Å². The molecule has 0 bridgehead atoms. The number of carbonyl (C=O) groups is 1. The van der Waals surface area contributed by atoms with E-state index in [9.17, 15) is 4.79 Å². The van der Waals surface area contributed by atoms with Crippen LogP contribution in [0.25, 0.3) is 0 Å². The van der Waals surface area contributed by atoms with Gasteiger partial charge in [0, 0.05) is 5.02 Å². The molecule has 3 rings (SSSR count). The summed E-state index contributed by atoms with van der Waals surface area (Å²) >= 11 is 12.0. The molecule has 0 saturated heterocycles. The molecule has 0 radical (unpaired) electrons. The lowest BCUT2D eigenvalue weighted by Gasteiger charge is -2.15. The van der Waals surface area contributed by atoms with Gasteiger partial charge in [-0.3, -0.25) is 9.97 Å². The lowest BCUT2D eigenvalue weighted by atomic mass is 10.2. The molecule has 0 fully saturated rings. The topological polar surface area (TPSA) is 70.5 Å². The fourth-order valence-electron chi connectivity index (χ4n) is 2.68. The van der Waals surface area contributed by atoms with Crippen molar-refractivity contribution in [1.82, 2.24) is 9.97 Å². The lowest BCUT2D eigenvalue weighted by molar-refractivity contribution is -0.152. The maximum absolute atomic E-state index is 12.3. The zero-order valence-electron chi connectivity index (χ0n) is 17.6. The minimum Gasteiger partial charge on any atom is -0.479 e. The fraction of sp³-hybridized carbons (Fsp3) is 0.261. The van der Waals surface area contributed by atoms with E-state index >= 15 is 0 Å². The molecule has 0 amide bonds. The maximum atomic E-state index is 12.3. The van der Waals surface area contributed by atoms with Crippen LogP contribution in [0, 0.1) is 20.8 Å². The zero-order valence-corrected chi connectivity index (χ0v) is 19.1. The first-order chi connectivity index (χ1) is 14.7. The first-order valence-corrected chi connectivity index (χ1v) is 10.4. The van der Waals surface area contributed by atoms with Gasteiger partial charge in [-0.2, -0.15) is 0 Å². The van der Waals surface area contributed by atoms with Gasteiger partial charge in [0.05, 0.1) is 27.8 Å². The Labute approximate surface area is 191 Å². The predicted molar refractivity (Wildman–Crippen MR) is 119 cm³/mol. The van der Waals surface area contributed by atoms with Gasteiger partial charge in [0.1, 0.15) is 23.9 Å². The van der Waals surface area contributed by atoms with Gasteiger partial charge in [0.2, 0.25) is 0 Å². The molecule has 0 aliphatic rings. The van der Waals surface area contributed by atoms with E-state index in [-0.39, 0.29) is 6.61 Å². The summed E-state index contributed by atoms with van der Waals surface area (Å²) in [5, 5.41) is 0.939. The van der Waals surface area contributed by atoms with E-state index in [1.807, 2.05) is 20.8 Å². The number of esters is 1. The standard InChI is InChI=1S/C23H22Cl2N2O4/c1-13-14(2)27-21(15(3)26-13)12-29-23(28)16(4)30-18-6-8-19(9-7-18)31-22-10-5-17(24)11-20(22)25/h5-11,16H,12H2,1-4H3. The number of halogens is 2. The SMILES string of the molecule is Cc1nc(C)c(COC(=O)C(C)Oc2ccc(Oc3ccc(Cl)cc3Cl)cc2)nc1C. The van der Waals surface area contributed by atoms with E-state index in [0.29, 0.717) is 33.0 Å². The van der Waals surface area contributed by atoms with E-state index in [1.165, 1.54) is 0 Å². The average molecular weight is 461 g/mol. The Morgan fingerprint density at radius 2 is 1.58 bits per heavy atom. The number of ether oxygens (including phenoxy) is 3. The van der Waals surface area contributed by atoms with Gasteiger partial charge in [0.15, 0.2) is 6.10 Å². The molecule has 162 valence electrons. The van der Waals surface area contributed by atoms with Crippen molar-refractivity contribution in [2.75, 3.05) is 0 Å². The molecule has 2 aromatic carbocycles. The van der Waals surface area contributed by atoms with E-state index in [0.717, 1.165) is 17.1 Å². The Kier molecular flexibility index (Phi) is 7.36. The molecule has 1 aromatic heterocycles. The second kappa shape index (κ2) is 9.98. The van der Waals surface area contributed by atoms with Gasteiger partial charge in [-0.1, -0.05) is 23.2 Å². The third-order valence-corrected chi connectivity index (χ3v) is 5.05. The van der Waals surface area contributed by atoms with Gasteiger partial charge < -0.3 is 14.2 Å². The van der Waals surface area contributed by atoms with Gasteiger partial charge >= 0.3 is 5.97 Å². The Hall–Kier alpha value is -2.83. The van der Waals surface area contributed by atoms with Crippen LogP contribution < -0.4 is 9.47 Å². The van der Waals surface area contributed by atoms with Crippen LogP contribution in [0.5, 0.6) is 17.2 Å². The van der Waals surface area contributed by atoms with Crippen molar-refractivity contribution in [3.8, 4) is 17.2 Å². The molecule has 1 atom stereocenters. The number of hydrogen-bond donors (Lipinski definition) is 0. The van der Waals surface area contributed by atoms with Crippen molar-refractivity contribution in [2.24, 2.45) is 0 Å². The van der Waals surface area contributed by atoms with Gasteiger partial charge in [0.25, 0.3) is 0 Å². The molecule has 0 aliphatic heterocycles. The van der Waals surface area contributed by atoms with Crippen LogP contribution in [0.4, 0.5) is 0 Å². The van der Waals surface area contributed by atoms with Crippen LogP contribution in [0.1, 0.15) is 29.7 Å². The largest absolute Gasteiger partial charge is 0.479 e. The molecule has 0 saturated carbocycles. The van der Waals surface area contributed by atoms with Gasteiger partial charge in [-0.15, -0.1) is 0 Å². The summed E-state index contributed by atoms with van der Waals surface area (Å²) in [5.74, 6) is 1.06. The van der Waals surface area contributed by atoms with E-state index < -0.39 is 12.1 Å². The third kappa shape index (κ3) is 6.09. The Morgan fingerprint density at radius 3 is 2.26 bits per heavy atom. The Morgan fingerprint density at radius 1 is 0.935 bits per heavy atom. The van der Waals surface area contributed by atoms with Crippen LogP contribution >= 0.6 is 23.2 Å². The average Bonchev–Trinajstić information content (AvgIpc) is 2.72. The van der Waals surface area contributed by atoms with Crippen LogP contribution in [-0.4, -0.2) is 22.0 Å². The summed E-state index contributed by atoms with van der Waals surface area (Å²) in [7, 11) is 0. The summed E-state index contributed by atoms with van der Waals surface area (Å²) < 4.78 is 16.8. The molecular weight excluding hydrogens is 439 g/mol. The minimum atomic E-state index is -0.794. The van der Waals surface area contributed by atoms with E-state index in [4.69, 9.17) is 37.4 Å². The Balaban J connectivity index is 1.55. The van der Waals surface area contributed by atoms with Crippen molar-refractivity contribution in [1.29, 1.82) is 0 Å². The predicted octanol–water partition coefficient (Wildman–Crippen LogP) is 6.01. The molecule has 1 unspecified atom stereocenters. The van der Waals surface area contributed by atoms with Crippen molar-refractivity contribution in [2.45, 2.75) is 40.4 Å². The van der Waals surface area contributed by atoms with Crippen LogP contribution in [-0.2, 0) is 16.1 Å². The number of aryl methyl sites for hydroxylation is 3. The highest BCUT2D eigenvalue weighted by Gasteiger charge is 2.18. The molecule has 8 heteroatoms. The number of hydrogen-bond acceptors (Lipinski definition) is 6. The quantitative estimate of drug-likeness (QED) is 0.401. The number of rotatable bonds is 7. The summed E-state index contributed by atoms with van der Waals surface area (Å²) in [5.41, 5.74) is 3.03. The second-order valence-electron chi connectivity index (χ2n) is 6.94. The lowest BCUT2D eigenvalue weighted by Crippen LogP contribution is -2.26. The first-order valence-electron chi connectivity index (χ1n) is 9.60. The molecule has 0 aliphatic carbocycles. The maximum Gasteiger partial charge on any atom is 0.347 e. The summed E-state index contributed by atoms with van der Waals surface area (Å²) in [4.78, 5) is 21.1. The van der Waals surface area contributed by atoms with Crippen LogP contribution in [0.15, 0.2) is 42.5 Å². The highest BCUT2D eigenvalue weighted by Crippen LogP contribution is 2.32. The number of carbonyl (C=O) groups excluding carboxylic acids is 1. The van der Waals surface area contributed by atoms with Crippen LogP contribution in [0.2, 0.25) is 10.0 Å². The Bertz CT molecular complexity index is 1090. The van der Waals surface area contributed by atoms with Crippen molar-refractivity contribution in [3.63, 3.8) is 0 Å². The zero-order chi connectivity index (χ0) is 22.5. The molecule has 0 N–H and O–H groups in total. The highest BCUT2D eigenvalue weighted by molar-refractivity contribution is 6.35. The second-order valence-corrected chi connectivity index (χ2v) is 7.79. The summed E-state index contributed by atoms with van der Waals surface area (Å²) in [6.07, 6.45) is -0.794. The van der Waals surface area contributed by atoms with Crippen molar-refractivity contribution < 1.29 is 19.0 Å². The fourth-order valence-corrected chi connectivity index (χ4v) is 3.13. The minimum absolute atomic E-state index is 0.0428. The van der Waals surface area contributed by atoms with Crippen molar-refractivity contribution in [3.05, 3.63) is 75.3 Å². The normalized spacial score (nSPS) is 11.7. The number of aromatic nitrogens is 2. The van der Waals surface area contributed by atoms with Crippen LogP contribution in [0.3, 0.4) is 0 Å². The molecule has 3 aromatic rings. The van der Waals surface area contributed by atoms with E-state index in [2.05, 4.69) is 9.97 Å². The van der Waals surface area contributed by atoms with Crippen molar-refractivity contribution >= 4 is 29.2 Å². The smallest absolute Gasteiger partial charge is 0.347 e. The van der Waals surface area contributed by atoms with E-state index in [1.54, 1.807) is 49.4 Å². The molecule has 6 nitrogen and oxygen atoms in total. The summed E-state index contributed by atoms with van der Waals surface area (Å²) in [6, 6.07) is 11.8. The first kappa shape index (κ1) is 22.8. The molecule has 0 spiro atoms.